The van der Waals surface area contributed by atoms with E-state index in [-0.39, 0.29) is 0 Å². The molecule has 0 aromatic rings. The fraction of sp³-hybridized carbons (Fsp3) is 1.00. The summed E-state index contributed by atoms with van der Waals surface area (Å²) in [6, 6.07) is 0. The fourth-order valence-corrected chi connectivity index (χ4v) is 1.66. The van der Waals surface area contributed by atoms with Crippen molar-refractivity contribution in [2.75, 3.05) is 13.1 Å². The molecule has 0 heterocycles. The summed E-state index contributed by atoms with van der Waals surface area (Å²) in [5.74, 6) is 1.03. The lowest BCUT2D eigenvalue weighted by Gasteiger charge is -2.24. The molecule has 1 fully saturated rings. The molecule has 0 aromatic heterocycles. The van der Waals surface area contributed by atoms with E-state index in [0.717, 1.165) is 12.5 Å². The largest absolute Gasteiger partial charge is 0.317 e. The van der Waals surface area contributed by atoms with Crippen LogP contribution in [0.1, 0.15) is 40.0 Å². The van der Waals surface area contributed by atoms with Gasteiger partial charge in [-0.1, -0.05) is 20.8 Å². The van der Waals surface area contributed by atoms with E-state index in [4.69, 9.17) is 0 Å². The van der Waals surface area contributed by atoms with E-state index in [2.05, 4.69) is 26.1 Å². The normalized spacial score (nSPS) is 18.8. The molecule has 1 heteroatoms. The van der Waals surface area contributed by atoms with Crippen LogP contribution in [0.3, 0.4) is 0 Å². The molecule has 1 N–H and O–H groups in total. The SMILES string of the molecule is CCNCCC(C)(C)C1CC1. The molecule has 1 aliphatic carbocycles. The molecule has 0 aromatic carbocycles. The first-order chi connectivity index (χ1) is 5.17. The molecule has 1 nitrogen and oxygen atoms in total. The number of rotatable bonds is 5. The molecule has 0 saturated heterocycles. The average Bonchev–Trinajstić information content (AvgIpc) is 2.68. The van der Waals surface area contributed by atoms with Crippen LogP contribution in [-0.2, 0) is 0 Å². The first-order valence-electron chi connectivity index (χ1n) is 4.87. The highest BCUT2D eigenvalue weighted by molar-refractivity contribution is 4.88. The van der Waals surface area contributed by atoms with Crippen LogP contribution in [-0.4, -0.2) is 13.1 Å². The van der Waals surface area contributed by atoms with Crippen molar-refractivity contribution in [2.24, 2.45) is 11.3 Å². The third kappa shape index (κ3) is 2.82. The molecule has 0 unspecified atom stereocenters. The Bertz CT molecular complexity index is 114. The van der Waals surface area contributed by atoms with Crippen molar-refractivity contribution in [1.82, 2.24) is 5.32 Å². The number of hydrogen-bond acceptors (Lipinski definition) is 1. The maximum absolute atomic E-state index is 3.39. The molecular weight excluding hydrogens is 134 g/mol. The molecule has 1 saturated carbocycles. The van der Waals surface area contributed by atoms with Gasteiger partial charge in [-0.25, -0.2) is 0 Å². The fourth-order valence-electron chi connectivity index (χ4n) is 1.66. The van der Waals surface area contributed by atoms with Crippen LogP contribution < -0.4 is 5.32 Å². The lowest BCUT2D eigenvalue weighted by Crippen LogP contribution is -2.23. The van der Waals surface area contributed by atoms with E-state index in [9.17, 15) is 0 Å². The van der Waals surface area contributed by atoms with Crippen LogP contribution >= 0.6 is 0 Å². The van der Waals surface area contributed by atoms with Crippen LogP contribution in [0.25, 0.3) is 0 Å². The lowest BCUT2D eigenvalue weighted by atomic mass is 9.84. The Morgan fingerprint density at radius 1 is 1.36 bits per heavy atom. The quantitative estimate of drug-likeness (QED) is 0.601. The van der Waals surface area contributed by atoms with E-state index in [1.165, 1.54) is 25.8 Å². The minimum Gasteiger partial charge on any atom is -0.317 e. The highest BCUT2D eigenvalue weighted by atomic mass is 14.8. The average molecular weight is 155 g/mol. The third-order valence-electron chi connectivity index (χ3n) is 2.88. The van der Waals surface area contributed by atoms with Crippen molar-refractivity contribution in [3.8, 4) is 0 Å². The van der Waals surface area contributed by atoms with Gasteiger partial charge in [0.1, 0.15) is 0 Å². The van der Waals surface area contributed by atoms with Crippen molar-refractivity contribution in [1.29, 1.82) is 0 Å². The van der Waals surface area contributed by atoms with E-state index in [0.29, 0.717) is 5.41 Å². The molecule has 0 radical (unpaired) electrons. The zero-order chi connectivity index (χ0) is 8.32. The van der Waals surface area contributed by atoms with Crippen LogP contribution in [0.2, 0.25) is 0 Å². The Morgan fingerprint density at radius 2 is 2.00 bits per heavy atom. The molecule has 0 aliphatic heterocycles. The van der Waals surface area contributed by atoms with E-state index >= 15 is 0 Å². The minimum absolute atomic E-state index is 0.599. The zero-order valence-corrected chi connectivity index (χ0v) is 8.11. The first-order valence-corrected chi connectivity index (χ1v) is 4.87. The van der Waals surface area contributed by atoms with Crippen molar-refractivity contribution >= 4 is 0 Å². The molecular formula is C10H21N. The van der Waals surface area contributed by atoms with Gasteiger partial charge in [0.25, 0.3) is 0 Å². The number of hydrogen-bond donors (Lipinski definition) is 1. The summed E-state index contributed by atoms with van der Waals surface area (Å²) in [6.07, 6.45) is 4.28. The van der Waals surface area contributed by atoms with Crippen LogP contribution in [0.15, 0.2) is 0 Å². The smallest absolute Gasteiger partial charge is 0.00438 e. The maximum atomic E-state index is 3.39. The Labute approximate surface area is 70.6 Å². The zero-order valence-electron chi connectivity index (χ0n) is 8.11. The molecule has 0 amide bonds. The van der Waals surface area contributed by atoms with Gasteiger partial charge in [-0.3, -0.25) is 0 Å². The van der Waals surface area contributed by atoms with E-state index in [1.807, 2.05) is 0 Å². The second-order valence-corrected chi connectivity index (χ2v) is 4.37. The van der Waals surface area contributed by atoms with Gasteiger partial charge >= 0.3 is 0 Å². The molecule has 0 atom stereocenters. The van der Waals surface area contributed by atoms with Crippen LogP contribution in [0, 0.1) is 11.3 Å². The minimum atomic E-state index is 0.599. The van der Waals surface area contributed by atoms with E-state index < -0.39 is 0 Å². The summed E-state index contributed by atoms with van der Waals surface area (Å²) >= 11 is 0. The summed E-state index contributed by atoms with van der Waals surface area (Å²) in [6.45, 7) is 9.29. The van der Waals surface area contributed by atoms with Crippen molar-refractivity contribution in [2.45, 2.75) is 40.0 Å². The summed E-state index contributed by atoms with van der Waals surface area (Å²) in [7, 11) is 0. The molecule has 0 spiro atoms. The van der Waals surface area contributed by atoms with Gasteiger partial charge in [-0.05, 0) is 43.7 Å². The van der Waals surface area contributed by atoms with Gasteiger partial charge in [0.05, 0.1) is 0 Å². The molecule has 1 aliphatic rings. The second kappa shape index (κ2) is 3.57. The Morgan fingerprint density at radius 3 is 2.45 bits per heavy atom. The highest BCUT2D eigenvalue weighted by Gasteiger charge is 2.36. The van der Waals surface area contributed by atoms with Crippen LogP contribution in [0.4, 0.5) is 0 Å². The monoisotopic (exact) mass is 155 g/mol. The first kappa shape index (κ1) is 9.05. The van der Waals surface area contributed by atoms with Gasteiger partial charge in [0, 0.05) is 0 Å². The molecule has 1 rings (SSSR count). The Balaban J connectivity index is 2.12. The number of nitrogens with one attached hydrogen (secondary N) is 1. The Hall–Kier alpha value is -0.0400. The maximum Gasteiger partial charge on any atom is -0.00438 e. The standard InChI is InChI=1S/C10H21N/c1-4-11-8-7-10(2,3)9-5-6-9/h9,11H,4-8H2,1-3H3. The predicted molar refractivity (Wildman–Crippen MR) is 49.7 cm³/mol. The van der Waals surface area contributed by atoms with Crippen molar-refractivity contribution < 1.29 is 0 Å². The van der Waals surface area contributed by atoms with Crippen molar-refractivity contribution in [3.05, 3.63) is 0 Å². The predicted octanol–water partition coefficient (Wildman–Crippen LogP) is 2.42. The summed E-state index contributed by atoms with van der Waals surface area (Å²) in [5, 5.41) is 3.39. The van der Waals surface area contributed by atoms with Crippen LogP contribution in [0.5, 0.6) is 0 Å². The lowest BCUT2D eigenvalue weighted by molar-refractivity contribution is 0.280. The van der Waals surface area contributed by atoms with Gasteiger partial charge in [-0.2, -0.15) is 0 Å². The van der Waals surface area contributed by atoms with Gasteiger partial charge < -0.3 is 5.32 Å². The van der Waals surface area contributed by atoms with Gasteiger partial charge in [0.15, 0.2) is 0 Å². The van der Waals surface area contributed by atoms with E-state index in [1.54, 1.807) is 0 Å². The molecule has 0 bridgehead atoms. The molecule has 11 heavy (non-hydrogen) atoms. The summed E-state index contributed by atoms with van der Waals surface area (Å²) < 4.78 is 0. The topological polar surface area (TPSA) is 12.0 Å². The Kier molecular flexibility index (Phi) is 2.94. The van der Waals surface area contributed by atoms with Crippen molar-refractivity contribution in [3.63, 3.8) is 0 Å². The van der Waals surface area contributed by atoms with Gasteiger partial charge in [0.2, 0.25) is 0 Å². The second-order valence-electron chi connectivity index (χ2n) is 4.37. The summed E-state index contributed by atoms with van der Waals surface area (Å²) in [5.41, 5.74) is 0.599. The highest BCUT2D eigenvalue weighted by Crippen LogP contribution is 2.46. The summed E-state index contributed by atoms with van der Waals surface area (Å²) in [4.78, 5) is 0. The molecule has 66 valence electrons. The third-order valence-corrected chi connectivity index (χ3v) is 2.88. The van der Waals surface area contributed by atoms with Gasteiger partial charge in [-0.15, -0.1) is 0 Å².